The molecule has 2 aliphatic carbocycles. The molecule has 0 spiro atoms. The highest BCUT2D eigenvalue weighted by Crippen LogP contribution is 2.47. The second-order valence-corrected chi connectivity index (χ2v) is 5.04. The van der Waals surface area contributed by atoms with Gasteiger partial charge in [0, 0.05) is 6.21 Å². The minimum Gasteiger partial charge on any atom is -0.459 e. The van der Waals surface area contributed by atoms with Crippen LogP contribution in [0.3, 0.4) is 0 Å². The molecule has 1 amide bonds. The van der Waals surface area contributed by atoms with E-state index in [1.807, 2.05) is 6.21 Å². The molecule has 4 heteroatoms. The Hall–Kier alpha value is -1.58. The molecule has 0 aliphatic heterocycles. The van der Waals surface area contributed by atoms with Gasteiger partial charge in [-0.05, 0) is 49.1 Å². The zero-order valence-corrected chi connectivity index (χ0v) is 9.63. The molecule has 17 heavy (non-hydrogen) atoms. The molecule has 1 aromatic heterocycles. The molecule has 3 atom stereocenters. The monoisotopic (exact) mass is 232 g/mol. The Balaban J connectivity index is 1.53. The summed E-state index contributed by atoms with van der Waals surface area (Å²) in [5.41, 5.74) is 2.51. The van der Waals surface area contributed by atoms with E-state index >= 15 is 0 Å². The van der Waals surface area contributed by atoms with Gasteiger partial charge in [-0.2, -0.15) is 5.10 Å². The second kappa shape index (κ2) is 4.35. The summed E-state index contributed by atoms with van der Waals surface area (Å²) in [6.07, 6.45) is 8.69. The van der Waals surface area contributed by atoms with E-state index in [4.69, 9.17) is 4.42 Å². The molecular formula is C13H16N2O2. The number of furan rings is 1. The minimum atomic E-state index is -0.283. The van der Waals surface area contributed by atoms with Crippen LogP contribution in [0.4, 0.5) is 0 Å². The average Bonchev–Trinajstić information content (AvgIpc) is 3.06. The van der Waals surface area contributed by atoms with Crippen molar-refractivity contribution in [3.8, 4) is 0 Å². The third-order valence-corrected chi connectivity index (χ3v) is 3.97. The Labute approximate surface area is 100 Å². The molecule has 90 valence electrons. The summed E-state index contributed by atoms with van der Waals surface area (Å²) in [5.74, 6) is 2.27. The molecular weight excluding hydrogens is 216 g/mol. The zero-order valence-electron chi connectivity index (χ0n) is 9.63. The number of fused-ring (bicyclic) bond motifs is 2. The lowest BCUT2D eigenvalue weighted by Gasteiger charge is -2.16. The van der Waals surface area contributed by atoms with Crippen molar-refractivity contribution in [3.63, 3.8) is 0 Å². The number of hydrazone groups is 1. The van der Waals surface area contributed by atoms with E-state index < -0.39 is 0 Å². The Morgan fingerprint density at radius 2 is 2.41 bits per heavy atom. The Morgan fingerprint density at radius 1 is 1.47 bits per heavy atom. The standard InChI is InChI=1S/C13H16N2O2/c16-13(12-2-1-5-17-12)15-14-8-11-7-9-3-4-10(11)6-9/h1-2,5,8-11H,3-4,6-7H2,(H,15,16)/b14-8+. The molecule has 1 N–H and O–H groups in total. The lowest BCUT2D eigenvalue weighted by Crippen LogP contribution is -2.19. The summed E-state index contributed by atoms with van der Waals surface area (Å²) in [6, 6.07) is 3.32. The second-order valence-electron chi connectivity index (χ2n) is 5.04. The highest BCUT2D eigenvalue weighted by molar-refractivity contribution is 5.91. The fraction of sp³-hybridized carbons (Fsp3) is 0.538. The van der Waals surface area contributed by atoms with Gasteiger partial charge in [0.15, 0.2) is 5.76 Å². The first-order valence-corrected chi connectivity index (χ1v) is 6.20. The number of hydrogen-bond acceptors (Lipinski definition) is 3. The molecule has 1 aromatic rings. The predicted octanol–water partition coefficient (Wildman–Crippen LogP) is 2.43. The van der Waals surface area contributed by atoms with Gasteiger partial charge < -0.3 is 4.42 Å². The van der Waals surface area contributed by atoms with Crippen molar-refractivity contribution >= 4 is 12.1 Å². The number of hydrogen-bond donors (Lipinski definition) is 1. The number of rotatable bonds is 3. The summed E-state index contributed by atoms with van der Waals surface area (Å²) >= 11 is 0. The third kappa shape index (κ3) is 2.12. The maximum absolute atomic E-state index is 11.5. The molecule has 2 saturated carbocycles. The van der Waals surface area contributed by atoms with E-state index in [2.05, 4.69) is 10.5 Å². The van der Waals surface area contributed by atoms with E-state index in [-0.39, 0.29) is 5.91 Å². The maximum Gasteiger partial charge on any atom is 0.307 e. The maximum atomic E-state index is 11.5. The Morgan fingerprint density at radius 3 is 3.06 bits per heavy atom. The van der Waals surface area contributed by atoms with Gasteiger partial charge in [-0.15, -0.1) is 0 Å². The smallest absolute Gasteiger partial charge is 0.307 e. The fourth-order valence-corrected chi connectivity index (χ4v) is 3.13. The summed E-state index contributed by atoms with van der Waals surface area (Å²) < 4.78 is 4.98. The summed E-state index contributed by atoms with van der Waals surface area (Å²) in [6.45, 7) is 0. The molecule has 3 unspecified atom stereocenters. The van der Waals surface area contributed by atoms with Crippen molar-refractivity contribution in [3.05, 3.63) is 24.2 Å². The van der Waals surface area contributed by atoms with Gasteiger partial charge in [-0.3, -0.25) is 4.79 Å². The average molecular weight is 232 g/mol. The van der Waals surface area contributed by atoms with Crippen LogP contribution in [0, 0.1) is 17.8 Å². The van der Waals surface area contributed by atoms with Gasteiger partial charge >= 0.3 is 5.91 Å². The molecule has 2 fully saturated rings. The van der Waals surface area contributed by atoms with Gasteiger partial charge in [-0.1, -0.05) is 6.42 Å². The number of nitrogens with zero attached hydrogens (tertiary/aromatic N) is 1. The highest BCUT2D eigenvalue weighted by Gasteiger charge is 2.38. The van der Waals surface area contributed by atoms with Crippen molar-refractivity contribution in [1.29, 1.82) is 0 Å². The van der Waals surface area contributed by atoms with Crippen LogP contribution in [-0.4, -0.2) is 12.1 Å². The van der Waals surface area contributed by atoms with Crippen LogP contribution in [0.15, 0.2) is 27.9 Å². The van der Waals surface area contributed by atoms with E-state index in [0.717, 1.165) is 11.8 Å². The van der Waals surface area contributed by atoms with Crippen LogP contribution in [0.5, 0.6) is 0 Å². The van der Waals surface area contributed by atoms with Crippen LogP contribution in [-0.2, 0) is 0 Å². The molecule has 0 aromatic carbocycles. The van der Waals surface area contributed by atoms with Crippen molar-refractivity contribution in [1.82, 2.24) is 5.43 Å². The number of amides is 1. The summed E-state index contributed by atoms with van der Waals surface area (Å²) in [5, 5.41) is 4.04. The van der Waals surface area contributed by atoms with E-state index in [1.165, 1.54) is 31.9 Å². The number of nitrogens with one attached hydrogen (secondary N) is 1. The van der Waals surface area contributed by atoms with E-state index in [1.54, 1.807) is 12.1 Å². The zero-order chi connectivity index (χ0) is 11.7. The number of carbonyl (C=O) groups is 1. The van der Waals surface area contributed by atoms with Crippen LogP contribution < -0.4 is 5.43 Å². The van der Waals surface area contributed by atoms with Crippen molar-refractivity contribution in [2.75, 3.05) is 0 Å². The SMILES string of the molecule is O=C(N/N=C/C1CC2CCC1C2)c1ccco1. The van der Waals surface area contributed by atoms with Crippen molar-refractivity contribution in [2.45, 2.75) is 25.7 Å². The summed E-state index contributed by atoms with van der Waals surface area (Å²) in [7, 11) is 0. The predicted molar refractivity (Wildman–Crippen MR) is 63.6 cm³/mol. The van der Waals surface area contributed by atoms with Crippen LogP contribution in [0.2, 0.25) is 0 Å². The van der Waals surface area contributed by atoms with Gasteiger partial charge in [0.25, 0.3) is 0 Å². The molecule has 0 saturated heterocycles. The lowest BCUT2D eigenvalue weighted by molar-refractivity contribution is 0.0927. The Bertz CT molecular complexity index is 425. The number of carbonyl (C=O) groups excluding carboxylic acids is 1. The molecule has 4 nitrogen and oxygen atoms in total. The molecule has 0 radical (unpaired) electrons. The molecule has 2 aliphatic rings. The van der Waals surface area contributed by atoms with Gasteiger partial charge in [-0.25, -0.2) is 5.43 Å². The van der Waals surface area contributed by atoms with Crippen LogP contribution >= 0.6 is 0 Å². The first-order valence-electron chi connectivity index (χ1n) is 6.20. The summed E-state index contributed by atoms with van der Waals surface area (Å²) in [4.78, 5) is 11.5. The normalized spacial score (nSPS) is 31.2. The largest absolute Gasteiger partial charge is 0.459 e. The van der Waals surface area contributed by atoms with E-state index in [9.17, 15) is 4.79 Å². The van der Waals surface area contributed by atoms with Gasteiger partial charge in [0.05, 0.1) is 6.26 Å². The fourth-order valence-electron chi connectivity index (χ4n) is 3.13. The van der Waals surface area contributed by atoms with Gasteiger partial charge in [0.1, 0.15) is 0 Å². The minimum absolute atomic E-state index is 0.283. The van der Waals surface area contributed by atoms with Crippen LogP contribution in [0.25, 0.3) is 0 Å². The lowest BCUT2D eigenvalue weighted by atomic mass is 9.90. The highest BCUT2D eigenvalue weighted by atomic mass is 16.3. The molecule has 3 rings (SSSR count). The Kier molecular flexibility index (Phi) is 2.71. The topological polar surface area (TPSA) is 54.6 Å². The molecule has 1 heterocycles. The first-order chi connectivity index (χ1) is 8.33. The quantitative estimate of drug-likeness (QED) is 0.642. The van der Waals surface area contributed by atoms with Crippen molar-refractivity contribution < 1.29 is 9.21 Å². The van der Waals surface area contributed by atoms with Crippen LogP contribution in [0.1, 0.15) is 36.2 Å². The third-order valence-electron chi connectivity index (χ3n) is 3.97. The molecule has 2 bridgehead atoms. The first kappa shape index (κ1) is 10.6. The van der Waals surface area contributed by atoms with Crippen molar-refractivity contribution in [2.24, 2.45) is 22.9 Å². The van der Waals surface area contributed by atoms with Gasteiger partial charge in [0.2, 0.25) is 0 Å². The van der Waals surface area contributed by atoms with E-state index in [0.29, 0.717) is 11.7 Å².